The zero-order chi connectivity index (χ0) is 12.7. The minimum atomic E-state index is 0.741. The summed E-state index contributed by atoms with van der Waals surface area (Å²) in [7, 11) is 1.79. The van der Waals surface area contributed by atoms with Crippen LogP contribution in [0.5, 0.6) is 0 Å². The molecule has 0 saturated carbocycles. The van der Waals surface area contributed by atoms with Gasteiger partial charge in [0.1, 0.15) is 5.01 Å². The molecule has 0 saturated heterocycles. The van der Waals surface area contributed by atoms with Crippen LogP contribution in [0.15, 0.2) is 4.99 Å². The smallest absolute Gasteiger partial charge is 0.191 e. The highest BCUT2D eigenvalue weighted by atomic mass is 32.1. The highest BCUT2D eigenvalue weighted by Gasteiger charge is 2.04. The molecule has 1 heterocycles. The third-order valence-corrected chi connectivity index (χ3v) is 3.60. The Hall–Kier alpha value is -1.10. The molecule has 1 aromatic rings. The molecule has 0 amide bonds. The van der Waals surface area contributed by atoms with E-state index in [1.807, 2.05) is 6.92 Å². The van der Waals surface area contributed by atoms with Gasteiger partial charge in [0.2, 0.25) is 0 Å². The monoisotopic (exact) mass is 254 g/mol. The van der Waals surface area contributed by atoms with E-state index in [2.05, 4.69) is 34.5 Å². The molecule has 0 spiro atoms. The quantitative estimate of drug-likeness (QED) is 0.481. The van der Waals surface area contributed by atoms with Crippen molar-refractivity contribution < 1.29 is 0 Å². The van der Waals surface area contributed by atoms with E-state index in [9.17, 15) is 0 Å². The summed E-state index contributed by atoms with van der Waals surface area (Å²) < 4.78 is 0. The van der Waals surface area contributed by atoms with Crippen LogP contribution in [-0.4, -0.2) is 24.5 Å². The van der Waals surface area contributed by atoms with Crippen molar-refractivity contribution in [1.82, 2.24) is 15.6 Å². The summed E-state index contributed by atoms with van der Waals surface area (Å²) in [6.07, 6.45) is 2.35. The predicted octanol–water partition coefficient (Wildman–Crippen LogP) is 2.23. The van der Waals surface area contributed by atoms with Gasteiger partial charge in [0.05, 0.1) is 12.2 Å². The lowest BCUT2D eigenvalue weighted by molar-refractivity contribution is 0.728. The van der Waals surface area contributed by atoms with Crippen molar-refractivity contribution in [2.45, 2.75) is 40.2 Å². The zero-order valence-electron chi connectivity index (χ0n) is 11.1. The van der Waals surface area contributed by atoms with Crippen molar-refractivity contribution in [3.63, 3.8) is 0 Å². The van der Waals surface area contributed by atoms with E-state index in [0.29, 0.717) is 0 Å². The largest absolute Gasteiger partial charge is 0.356 e. The first-order valence-corrected chi connectivity index (χ1v) is 6.86. The van der Waals surface area contributed by atoms with Crippen LogP contribution in [-0.2, 0) is 6.54 Å². The molecular weight excluding hydrogens is 232 g/mol. The third kappa shape index (κ3) is 4.73. The van der Waals surface area contributed by atoms with Gasteiger partial charge in [0.15, 0.2) is 5.96 Å². The lowest BCUT2D eigenvalue weighted by Crippen LogP contribution is -2.37. The Morgan fingerprint density at radius 1 is 1.35 bits per heavy atom. The van der Waals surface area contributed by atoms with Crippen LogP contribution in [0, 0.1) is 13.8 Å². The van der Waals surface area contributed by atoms with Crippen molar-refractivity contribution >= 4 is 17.3 Å². The van der Waals surface area contributed by atoms with Crippen LogP contribution in [0.1, 0.15) is 35.3 Å². The molecular formula is C12H22N4S. The molecule has 5 heteroatoms. The van der Waals surface area contributed by atoms with Gasteiger partial charge in [0.25, 0.3) is 0 Å². The Bertz CT molecular complexity index is 351. The fourth-order valence-electron chi connectivity index (χ4n) is 1.38. The van der Waals surface area contributed by atoms with Crippen molar-refractivity contribution in [2.24, 2.45) is 4.99 Å². The number of aromatic nitrogens is 1. The minimum absolute atomic E-state index is 0.741. The summed E-state index contributed by atoms with van der Waals surface area (Å²) in [5.41, 5.74) is 1.13. The topological polar surface area (TPSA) is 49.3 Å². The Morgan fingerprint density at radius 2 is 2.12 bits per heavy atom. The fourth-order valence-corrected chi connectivity index (χ4v) is 2.25. The number of guanidine groups is 1. The molecule has 0 aromatic carbocycles. The van der Waals surface area contributed by atoms with Gasteiger partial charge in [0, 0.05) is 18.5 Å². The second-order valence-corrected chi connectivity index (χ2v) is 5.24. The van der Waals surface area contributed by atoms with Gasteiger partial charge in [-0.05, 0) is 20.3 Å². The molecule has 2 N–H and O–H groups in total. The zero-order valence-corrected chi connectivity index (χ0v) is 11.9. The standard InChI is InChI=1S/C12H22N4S/c1-5-6-7-14-12(13-4)15-8-11-16-9(2)10(3)17-11/h5-8H2,1-4H3,(H2,13,14,15). The van der Waals surface area contributed by atoms with Gasteiger partial charge in [-0.3, -0.25) is 4.99 Å². The number of nitrogens with zero attached hydrogens (tertiary/aromatic N) is 2. The first kappa shape index (κ1) is 14.0. The number of nitrogens with one attached hydrogen (secondary N) is 2. The molecule has 0 aliphatic rings. The third-order valence-electron chi connectivity index (χ3n) is 2.53. The second kappa shape index (κ2) is 7.27. The van der Waals surface area contributed by atoms with E-state index in [0.717, 1.165) is 36.2 Å². The molecule has 96 valence electrons. The van der Waals surface area contributed by atoms with E-state index in [-0.39, 0.29) is 0 Å². The van der Waals surface area contributed by atoms with Gasteiger partial charge < -0.3 is 10.6 Å². The van der Waals surface area contributed by atoms with Crippen molar-refractivity contribution in [3.8, 4) is 0 Å². The Labute approximate surface area is 108 Å². The van der Waals surface area contributed by atoms with E-state index < -0.39 is 0 Å². The SMILES string of the molecule is CCCCNC(=NC)NCc1nc(C)c(C)s1. The Balaban J connectivity index is 2.37. The van der Waals surface area contributed by atoms with Crippen LogP contribution >= 0.6 is 11.3 Å². The Kier molecular flexibility index (Phi) is 5.97. The molecule has 0 bridgehead atoms. The van der Waals surface area contributed by atoms with Crippen LogP contribution in [0.2, 0.25) is 0 Å². The summed E-state index contributed by atoms with van der Waals surface area (Å²) in [5.74, 6) is 0.851. The number of aryl methyl sites for hydroxylation is 2. The molecule has 0 unspecified atom stereocenters. The summed E-state index contributed by atoms with van der Waals surface area (Å²) in [6, 6.07) is 0. The van der Waals surface area contributed by atoms with Crippen LogP contribution in [0.4, 0.5) is 0 Å². The lowest BCUT2D eigenvalue weighted by atomic mass is 10.3. The average Bonchev–Trinajstić information content (AvgIpc) is 2.63. The van der Waals surface area contributed by atoms with Gasteiger partial charge >= 0.3 is 0 Å². The first-order valence-electron chi connectivity index (χ1n) is 6.04. The Morgan fingerprint density at radius 3 is 2.65 bits per heavy atom. The number of hydrogen-bond donors (Lipinski definition) is 2. The van der Waals surface area contributed by atoms with Crippen LogP contribution in [0.3, 0.4) is 0 Å². The van der Waals surface area contributed by atoms with E-state index >= 15 is 0 Å². The summed E-state index contributed by atoms with van der Waals surface area (Å²) in [6.45, 7) is 8.03. The number of thiazole rings is 1. The second-order valence-electron chi connectivity index (χ2n) is 3.96. The van der Waals surface area contributed by atoms with Crippen molar-refractivity contribution in [3.05, 3.63) is 15.6 Å². The number of unbranched alkanes of at least 4 members (excludes halogenated alkanes) is 1. The highest BCUT2D eigenvalue weighted by molar-refractivity contribution is 7.11. The highest BCUT2D eigenvalue weighted by Crippen LogP contribution is 2.15. The number of rotatable bonds is 5. The van der Waals surface area contributed by atoms with Crippen molar-refractivity contribution in [2.75, 3.05) is 13.6 Å². The van der Waals surface area contributed by atoms with E-state index in [4.69, 9.17) is 0 Å². The molecule has 17 heavy (non-hydrogen) atoms. The molecule has 1 rings (SSSR count). The van der Waals surface area contributed by atoms with Crippen LogP contribution < -0.4 is 10.6 Å². The van der Waals surface area contributed by atoms with Crippen LogP contribution in [0.25, 0.3) is 0 Å². The summed E-state index contributed by atoms with van der Waals surface area (Å²) >= 11 is 1.74. The minimum Gasteiger partial charge on any atom is -0.356 e. The average molecular weight is 254 g/mol. The molecule has 4 nitrogen and oxygen atoms in total. The van der Waals surface area contributed by atoms with Gasteiger partial charge in [-0.25, -0.2) is 4.98 Å². The molecule has 0 aliphatic heterocycles. The van der Waals surface area contributed by atoms with Gasteiger partial charge in [-0.15, -0.1) is 11.3 Å². The molecule has 0 radical (unpaired) electrons. The summed E-state index contributed by atoms with van der Waals surface area (Å²) in [5, 5.41) is 7.66. The normalized spacial score (nSPS) is 11.6. The molecule has 1 aromatic heterocycles. The first-order chi connectivity index (χ1) is 8.17. The number of hydrogen-bond acceptors (Lipinski definition) is 3. The lowest BCUT2D eigenvalue weighted by Gasteiger charge is -2.09. The maximum Gasteiger partial charge on any atom is 0.191 e. The molecule has 0 aliphatic carbocycles. The maximum absolute atomic E-state index is 4.49. The summed E-state index contributed by atoms with van der Waals surface area (Å²) in [4.78, 5) is 9.95. The van der Waals surface area contributed by atoms with Gasteiger partial charge in [-0.1, -0.05) is 13.3 Å². The van der Waals surface area contributed by atoms with E-state index in [1.165, 1.54) is 11.3 Å². The number of aliphatic imine (C=N–C) groups is 1. The predicted molar refractivity (Wildman–Crippen MR) is 74.7 cm³/mol. The molecule has 0 fully saturated rings. The van der Waals surface area contributed by atoms with E-state index in [1.54, 1.807) is 18.4 Å². The molecule has 0 atom stereocenters. The van der Waals surface area contributed by atoms with Crippen molar-refractivity contribution in [1.29, 1.82) is 0 Å². The maximum atomic E-state index is 4.49. The fraction of sp³-hybridized carbons (Fsp3) is 0.667. The van der Waals surface area contributed by atoms with Gasteiger partial charge in [-0.2, -0.15) is 0 Å².